The van der Waals surface area contributed by atoms with Crippen molar-refractivity contribution in [3.05, 3.63) is 144 Å². The molecule has 1 saturated heterocycles. The van der Waals surface area contributed by atoms with Gasteiger partial charge in [-0.05, 0) is 35.1 Å². The monoisotopic (exact) mass is 808 g/mol. The fourth-order valence-corrected chi connectivity index (χ4v) is 7.64. The van der Waals surface area contributed by atoms with Crippen molar-refractivity contribution in [3.63, 3.8) is 0 Å². The van der Waals surface area contributed by atoms with E-state index in [1.165, 1.54) is 21.0 Å². The maximum absolute atomic E-state index is 12.8. The lowest BCUT2D eigenvalue weighted by Gasteiger charge is -2.46. The Bertz CT molecular complexity index is 1710. The largest absolute Gasteiger partial charge is 0.469 e. The van der Waals surface area contributed by atoms with Crippen LogP contribution in [0.1, 0.15) is 100 Å². The van der Waals surface area contributed by atoms with E-state index in [0.717, 1.165) is 80.0 Å². The van der Waals surface area contributed by atoms with Crippen LogP contribution in [0.15, 0.2) is 121 Å². The van der Waals surface area contributed by atoms with Crippen LogP contribution in [0, 0.1) is 0 Å². The van der Waals surface area contributed by atoms with E-state index < -0.39 is 48.2 Å². The summed E-state index contributed by atoms with van der Waals surface area (Å²) in [6, 6.07) is 39.6. The van der Waals surface area contributed by atoms with Gasteiger partial charge >= 0.3 is 17.9 Å². The highest BCUT2D eigenvalue weighted by Crippen LogP contribution is 2.41. The van der Waals surface area contributed by atoms with Gasteiger partial charge in [-0.3, -0.25) is 14.4 Å². The molecule has 0 spiro atoms. The van der Waals surface area contributed by atoms with Gasteiger partial charge in [0.15, 0.2) is 18.5 Å². The molecule has 4 aromatic carbocycles. The van der Waals surface area contributed by atoms with Crippen molar-refractivity contribution in [1.82, 2.24) is 0 Å². The Balaban J connectivity index is 1.37. The molecule has 1 aliphatic rings. The van der Waals surface area contributed by atoms with E-state index >= 15 is 0 Å². The van der Waals surface area contributed by atoms with Crippen LogP contribution in [0.4, 0.5) is 0 Å². The van der Waals surface area contributed by atoms with Gasteiger partial charge in [0.1, 0.15) is 17.8 Å². The molecule has 5 atom stereocenters. The summed E-state index contributed by atoms with van der Waals surface area (Å²) < 4.78 is 43.6. The van der Waals surface area contributed by atoms with Crippen LogP contribution in [0.5, 0.6) is 0 Å². The lowest BCUT2D eigenvalue weighted by atomic mass is 9.80. The van der Waals surface area contributed by atoms with Gasteiger partial charge in [0.05, 0.1) is 20.3 Å². The predicted octanol–water partition coefficient (Wildman–Crippen LogP) is 9.26. The summed E-state index contributed by atoms with van der Waals surface area (Å²) in [5, 5.41) is 0. The van der Waals surface area contributed by atoms with E-state index in [0.29, 0.717) is 13.0 Å². The third kappa shape index (κ3) is 13.6. The molecule has 0 aromatic heterocycles. The molecule has 10 nitrogen and oxygen atoms in total. The van der Waals surface area contributed by atoms with E-state index in [1.54, 1.807) is 0 Å². The fourth-order valence-electron chi connectivity index (χ4n) is 7.64. The van der Waals surface area contributed by atoms with Crippen LogP contribution in [-0.2, 0) is 59.7 Å². The molecule has 1 heterocycles. The number of ether oxygens (including phenoxy) is 7. The quantitative estimate of drug-likeness (QED) is 0.0294. The lowest BCUT2D eigenvalue weighted by Crippen LogP contribution is -2.62. The van der Waals surface area contributed by atoms with Gasteiger partial charge in [0, 0.05) is 26.9 Å². The molecule has 0 saturated carbocycles. The molecule has 1 aliphatic heterocycles. The Morgan fingerprint density at radius 3 is 1.51 bits per heavy atom. The van der Waals surface area contributed by atoms with Crippen molar-refractivity contribution in [2.45, 2.75) is 121 Å². The van der Waals surface area contributed by atoms with Crippen LogP contribution in [-0.4, -0.2) is 68.9 Å². The Labute approximate surface area is 349 Å². The maximum Gasteiger partial charge on any atom is 0.305 e. The zero-order valence-electron chi connectivity index (χ0n) is 34.7. The number of esters is 3. The summed E-state index contributed by atoms with van der Waals surface area (Å²) in [4.78, 5) is 36.8. The molecule has 1 fully saturated rings. The molecule has 4 aromatic rings. The average Bonchev–Trinajstić information content (AvgIpc) is 3.26. The van der Waals surface area contributed by atoms with Crippen LogP contribution in [0.25, 0.3) is 0 Å². The summed E-state index contributed by atoms with van der Waals surface area (Å²) in [6.07, 6.45) is 4.68. The second-order valence-electron chi connectivity index (χ2n) is 14.9. The van der Waals surface area contributed by atoms with Gasteiger partial charge in [-0.25, -0.2) is 0 Å². The minimum Gasteiger partial charge on any atom is -0.469 e. The second kappa shape index (κ2) is 24.3. The normalized spacial score (nSPS) is 19.1. The van der Waals surface area contributed by atoms with E-state index in [2.05, 4.69) is 0 Å². The standard InChI is InChI=1S/C49H60O10/c1-37(50)57-45-43(36-56-49(40-27-17-12-18-28-40,41-29-19-13-20-30-41)42-31-21-14-22-32-42)59-48(47(58-38(2)51)46(45)55-35-39-25-15-11-16-26-39)54-34-24-10-8-6-4-5-7-9-23-33-44(52)53-3/h11-22,25-32,43,45-48H,4-10,23-24,33-36H2,1-3H3/t43-,45-,46+,47-,48-/m1/s1. The first kappa shape index (κ1) is 45.2. The van der Waals surface area contributed by atoms with Gasteiger partial charge in [-0.2, -0.15) is 0 Å². The molecular formula is C49H60O10. The molecule has 0 aliphatic carbocycles. The highest BCUT2D eigenvalue weighted by atomic mass is 16.7. The Kier molecular flexibility index (Phi) is 18.6. The second-order valence-corrected chi connectivity index (χ2v) is 14.9. The van der Waals surface area contributed by atoms with Gasteiger partial charge in [-0.1, -0.05) is 166 Å². The molecule has 5 rings (SSSR count). The Hall–Kier alpha value is -4.87. The summed E-state index contributed by atoms with van der Waals surface area (Å²) in [5.74, 6) is -1.23. The molecule has 0 unspecified atom stereocenters. The highest BCUT2D eigenvalue weighted by molar-refractivity contribution is 5.69. The molecule has 59 heavy (non-hydrogen) atoms. The summed E-state index contributed by atoms with van der Waals surface area (Å²) >= 11 is 0. The first-order valence-corrected chi connectivity index (χ1v) is 21.0. The van der Waals surface area contributed by atoms with E-state index in [-0.39, 0.29) is 19.2 Å². The predicted molar refractivity (Wildman–Crippen MR) is 224 cm³/mol. The van der Waals surface area contributed by atoms with Gasteiger partial charge in [0.25, 0.3) is 0 Å². The van der Waals surface area contributed by atoms with E-state index in [4.69, 9.17) is 33.2 Å². The van der Waals surface area contributed by atoms with Crippen molar-refractivity contribution in [2.24, 2.45) is 0 Å². The van der Waals surface area contributed by atoms with Gasteiger partial charge in [-0.15, -0.1) is 0 Å². The zero-order valence-corrected chi connectivity index (χ0v) is 34.7. The number of carbonyl (C=O) groups excluding carboxylic acids is 3. The number of rotatable bonds is 24. The van der Waals surface area contributed by atoms with Crippen LogP contribution < -0.4 is 0 Å². The van der Waals surface area contributed by atoms with Crippen molar-refractivity contribution >= 4 is 17.9 Å². The number of carbonyl (C=O) groups is 3. The first-order chi connectivity index (χ1) is 28.8. The highest BCUT2D eigenvalue weighted by Gasteiger charge is 2.52. The number of unbranched alkanes of at least 4 members (excludes halogenated alkanes) is 8. The van der Waals surface area contributed by atoms with E-state index in [1.807, 2.05) is 121 Å². The van der Waals surface area contributed by atoms with Crippen LogP contribution in [0.3, 0.4) is 0 Å². The average molecular weight is 809 g/mol. The molecule has 0 bridgehead atoms. The molecular weight excluding hydrogens is 749 g/mol. The van der Waals surface area contributed by atoms with Gasteiger partial charge in [0.2, 0.25) is 0 Å². The topological polar surface area (TPSA) is 116 Å². The van der Waals surface area contributed by atoms with Crippen LogP contribution in [0.2, 0.25) is 0 Å². The van der Waals surface area contributed by atoms with Crippen molar-refractivity contribution in [2.75, 3.05) is 20.3 Å². The third-order valence-corrected chi connectivity index (χ3v) is 10.5. The Morgan fingerprint density at radius 2 is 1.02 bits per heavy atom. The molecule has 0 amide bonds. The molecule has 10 heteroatoms. The number of methoxy groups -OCH3 is 1. The maximum atomic E-state index is 12.8. The summed E-state index contributed by atoms with van der Waals surface area (Å²) in [7, 11) is 1.43. The van der Waals surface area contributed by atoms with Crippen molar-refractivity contribution in [3.8, 4) is 0 Å². The smallest absolute Gasteiger partial charge is 0.305 e. The first-order valence-electron chi connectivity index (χ1n) is 21.0. The van der Waals surface area contributed by atoms with Crippen molar-refractivity contribution < 1.29 is 47.5 Å². The summed E-state index contributed by atoms with van der Waals surface area (Å²) in [5.41, 5.74) is 2.51. The third-order valence-electron chi connectivity index (χ3n) is 10.5. The van der Waals surface area contributed by atoms with Crippen molar-refractivity contribution in [1.29, 1.82) is 0 Å². The zero-order chi connectivity index (χ0) is 41.7. The Morgan fingerprint density at radius 1 is 0.559 bits per heavy atom. The molecule has 316 valence electrons. The fraction of sp³-hybridized carbons (Fsp3) is 0.449. The van der Waals surface area contributed by atoms with Gasteiger partial charge < -0.3 is 33.2 Å². The number of hydrogen-bond acceptors (Lipinski definition) is 10. The summed E-state index contributed by atoms with van der Waals surface area (Å²) in [6.45, 7) is 3.14. The molecule has 0 radical (unpaired) electrons. The number of benzene rings is 4. The minimum atomic E-state index is -1.08. The number of hydrogen-bond donors (Lipinski definition) is 0. The van der Waals surface area contributed by atoms with Crippen LogP contribution >= 0.6 is 0 Å². The lowest BCUT2D eigenvalue weighted by molar-refractivity contribution is -0.317. The molecule has 0 N–H and O–H groups in total. The minimum absolute atomic E-state index is 0.0445. The SMILES string of the molecule is COC(=O)CCCCCCCCCCCO[C@@H]1O[C@H](COC(c2ccccc2)(c2ccccc2)c2ccccc2)[C@@H](OC(C)=O)[C@H](OCc2ccccc2)[C@H]1OC(C)=O. The van der Waals surface area contributed by atoms with E-state index in [9.17, 15) is 14.4 Å².